The van der Waals surface area contributed by atoms with Crippen molar-refractivity contribution in [3.63, 3.8) is 0 Å². The van der Waals surface area contributed by atoms with E-state index in [-0.39, 0.29) is 18.4 Å². The maximum atomic E-state index is 12.4. The van der Waals surface area contributed by atoms with Gasteiger partial charge >= 0.3 is 0 Å². The minimum Gasteiger partial charge on any atom is -0.496 e. The van der Waals surface area contributed by atoms with Crippen LogP contribution in [0.1, 0.15) is 28.4 Å². The molecule has 1 saturated heterocycles. The molecular weight excluding hydrogens is 426 g/mol. The Balaban J connectivity index is 1.62. The topological polar surface area (TPSA) is 98.7 Å². The lowest BCUT2D eigenvalue weighted by Gasteiger charge is -2.26. The number of hydrogen-bond acceptors (Lipinski definition) is 7. The fraction of sp³-hybridized carbons (Fsp3) is 0.375. The molecule has 0 unspecified atom stereocenters. The number of rotatable bonds is 9. The number of nitrogens with one attached hydrogen (secondary N) is 1. The Hall–Kier alpha value is -3.59. The molecule has 2 amide bonds. The number of nitrogens with zero attached hydrogens (tertiary/aromatic N) is 2. The summed E-state index contributed by atoms with van der Waals surface area (Å²) in [6.45, 7) is 6.34. The first kappa shape index (κ1) is 24.1. The van der Waals surface area contributed by atoms with Crippen molar-refractivity contribution >= 4 is 18.0 Å². The van der Waals surface area contributed by atoms with Crippen molar-refractivity contribution in [2.75, 3.05) is 46.6 Å². The molecule has 0 saturated carbocycles. The van der Waals surface area contributed by atoms with Crippen molar-refractivity contribution in [1.29, 1.82) is 0 Å². The Morgan fingerprint density at radius 2 is 1.88 bits per heavy atom. The molecule has 0 atom stereocenters. The van der Waals surface area contributed by atoms with Crippen molar-refractivity contribution in [2.45, 2.75) is 13.8 Å². The van der Waals surface area contributed by atoms with E-state index in [2.05, 4.69) is 10.5 Å². The monoisotopic (exact) mass is 455 g/mol. The van der Waals surface area contributed by atoms with E-state index < -0.39 is 0 Å². The summed E-state index contributed by atoms with van der Waals surface area (Å²) in [4.78, 5) is 26.5. The molecule has 0 bridgehead atoms. The van der Waals surface area contributed by atoms with Crippen LogP contribution >= 0.6 is 0 Å². The predicted octanol–water partition coefficient (Wildman–Crippen LogP) is 2.40. The predicted molar refractivity (Wildman–Crippen MR) is 123 cm³/mol. The van der Waals surface area contributed by atoms with Crippen LogP contribution in [-0.4, -0.2) is 69.6 Å². The summed E-state index contributed by atoms with van der Waals surface area (Å²) < 4.78 is 21.9. The van der Waals surface area contributed by atoms with Gasteiger partial charge in [-0.15, -0.1) is 0 Å². The minimum atomic E-state index is -0.380. The lowest BCUT2D eigenvalue weighted by Crippen LogP contribution is -2.43. The molecule has 0 aliphatic carbocycles. The summed E-state index contributed by atoms with van der Waals surface area (Å²) in [5.74, 6) is 0.955. The zero-order valence-electron chi connectivity index (χ0n) is 19.1. The Bertz CT molecular complexity index is 1000. The second-order valence-corrected chi connectivity index (χ2v) is 7.32. The van der Waals surface area contributed by atoms with Crippen molar-refractivity contribution in [2.24, 2.45) is 5.10 Å². The third-order valence-electron chi connectivity index (χ3n) is 4.96. The quantitative estimate of drug-likeness (QED) is 0.461. The maximum Gasteiger partial charge on any atom is 0.275 e. The fourth-order valence-corrected chi connectivity index (χ4v) is 3.25. The van der Waals surface area contributed by atoms with Gasteiger partial charge in [-0.05, 0) is 55.3 Å². The van der Waals surface area contributed by atoms with E-state index in [1.807, 2.05) is 19.9 Å². The number of morpholine rings is 1. The molecule has 0 radical (unpaired) electrons. The van der Waals surface area contributed by atoms with Gasteiger partial charge < -0.3 is 23.8 Å². The van der Waals surface area contributed by atoms with Gasteiger partial charge in [0.2, 0.25) is 0 Å². The zero-order chi connectivity index (χ0) is 23.6. The summed E-state index contributed by atoms with van der Waals surface area (Å²) in [6.07, 6.45) is 1.50. The molecule has 1 heterocycles. The largest absolute Gasteiger partial charge is 0.496 e. The number of hydrogen-bond donors (Lipinski definition) is 1. The first-order valence-electron chi connectivity index (χ1n) is 10.7. The molecular formula is C24H29N3O6. The molecule has 33 heavy (non-hydrogen) atoms. The molecule has 0 aromatic heterocycles. The van der Waals surface area contributed by atoms with Crippen LogP contribution in [-0.2, 0) is 9.53 Å². The third kappa shape index (κ3) is 6.69. The van der Waals surface area contributed by atoms with Crippen molar-refractivity contribution in [3.8, 4) is 17.2 Å². The number of methoxy groups -OCH3 is 1. The highest BCUT2D eigenvalue weighted by molar-refractivity contribution is 5.97. The van der Waals surface area contributed by atoms with Crippen LogP contribution in [0.5, 0.6) is 17.2 Å². The van der Waals surface area contributed by atoms with E-state index in [1.54, 1.807) is 35.2 Å². The Labute approximate surface area is 193 Å². The van der Waals surface area contributed by atoms with Gasteiger partial charge in [-0.1, -0.05) is 6.07 Å². The van der Waals surface area contributed by atoms with Gasteiger partial charge in [0.15, 0.2) is 18.1 Å². The molecule has 2 aromatic carbocycles. The number of amides is 2. The molecule has 1 aliphatic heterocycles. The van der Waals surface area contributed by atoms with Gasteiger partial charge in [-0.3, -0.25) is 9.59 Å². The lowest BCUT2D eigenvalue weighted by molar-refractivity contribution is -0.137. The van der Waals surface area contributed by atoms with E-state index in [0.717, 1.165) is 5.56 Å². The molecule has 2 aromatic rings. The van der Waals surface area contributed by atoms with E-state index >= 15 is 0 Å². The number of carbonyl (C=O) groups is 2. The van der Waals surface area contributed by atoms with Crippen LogP contribution in [0.3, 0.4) is 0 Å². The minimum absolute atomic E-state index is 0.0814. The van der Waals surface area contributed by atoms with E-state index in [1.165, 1.54) is 13.3 Å². The molecule has 3 rings (SSSR count). The molecule has 0 spiro atoms. The first-order chi connectivity index (χ1) is 16.0. The van der Waals surface area contributed by atoms with E-state index in [0.29, 0.717) is 61.3 Å². The van der Waals surface area contributed by atoms with E-state index in [4.69, 9.17) is 18.9 Å². The maximum absolute atomic E-state index is 12.4. The highest BCUT2D eigenvalue weighted by atomic mass is 16.5. The second kappa shape index (κ2) is 11.9. The van der Waals surface area contributed by atoms with Gasteiger partial charge in [0, 0.05) is 13.1 Å². The van der Waals surface area contributed by atoms with Crippen molar-refractivity contribution < 1.29 is 28.5 Å². The first-order valence-corrected chi connectivity index (χ1v) is 10.7. The highest BCUT2D eigenvalue weighted by Crippen LogP contribution is 2.28. The van der Waals surface area contributed by atoms with Crippen molar-refractivity contribution in [1.82, 2.24) is 10.3 Å². The zero-order valence-corrected chi connectivity index (χ0v) is 19.1. The smallest absolute Gasteiger partial charge is 0.275 e. The van der Waals surface area contributed by atoms with Gasteiger partial charge in [-0.25, -0.2) is 5.43 Å². The second-order valence-electron chi connectivity index (χ2n) is 7.32. The van der Waals surface area contributed by atoms with Crippen LogP contribution in [0, 0.1) is 6.92 Å². The molecule has 9 heteroatoms. The fourth-order valence-electron chi connectivity index (χ4n) is 3.25. The number of ether oxygens (including phenoxy) is 4. The average molecular weight is 456 g/mol. The third-order valence-corrected chi connectivity index (χ3v) is 4.96. The summed E-state index contributed by atoms with van der Waals surface area (Å²) in [7, 11) is 1.52. The van der Waals surface area contributed by atoms with Gasteiger partial charge in [0.05, 0.1) is 38.7 Å². The summed E-state index contributed by atoms with van der Waals surface area (Å²) in [5, 5.41) is 4.03. The van der Waals surface area contributed by atoms with Gasteiger partial charge in [-0.2, -0.15) is 5.10 Å². The van der Waals surface area contributed by atoms with Crippen LogP contribution in [0.25, 0.3) is 0 Å². The Kier molecular flexibility index (Phi) is 8.65. The molecule has 1 aliphatic rings. The SMILES string of the molecule is CCOc1cc(/C=N\NC(=O)c2ccc(C)cc2OC)ccc1OCC(=O)N1CCOCC1. The van der Waals surface area contributed by atoms with E-state index in [9.17, 15) is 9.59 Å². The van der Waals surface area contributed by atoms with Gasteiger partial charge in [0.25, 0.3) is 11.8 Å². The number of aryl methyl sites for hydroxylation is 1. The van der Waals surface area contributed by atoms with Crippen LogP contribution in [0.15, 0.2) is 41.5 Å². The Morgan fingerprint density at radius 3 is 2.61 bits per heavy atom. The molecule has 1 fully saturated rings. The number of carbonyl (C=O) groups excluding carboxylic acids is 2. The Morgan fingerprint density at radius 1 is 1.09 bits per heavy atom. The number of hydrazone groups is 1. The van der Waals surface area contributed by atoms with Crippen LogP contribution in [0.2, 0.25) is 0 Å². The van der Waals surface area contributed by atoms with Crippen LogP contribution in [0.4, 0.5) is 0 Å². The lowest BCUT2D eigenvalue weighted by atomic mass is 10.1. The van der Waals surface area contributed by atoms with Gasteiger partial charge in [0.1, 0.15) is 5.75 Å². The molecule has 9 nitrogen and oxygen atoms in total. The molecule has 176 valence electrons. The molecule has 1 N–H and O–H groups in total. The van der Waals surface area contributed by atoms with Crippen molar-refractivity contribution in [3.05, 3.63) is 53.1 Å². The standard InChI is InChI=1S/C24H29N3O6/c1-4-32-22-14-18(6-8-20(22)33-16-23(28)27-9-11-31-12-10-27)15-25-26-24(29)19-7-5-17(2)13-21(19)30-3/h5-8,13-15H,4,9-12,16H2,1-3H3,(H,26,29)/b25-15-. The average Bonchev–Trinajstić information content (AvgIpc) is 2.83. The van der Waals surface area contributed by atoms with Crippen LogP contribution < -0.4 is 19.6 Å². The summed E-state index contributed by atoms with van der Waals surface area (Å²) in [5.41, 5.74) is 4.58. The highest BCUT2D eigenvalue weighted by Gasteiger charge is 2.18. The summed E-state index contributed by atoms with van der Waals surface area (Å²) in [6, 6.07) is 10.5. The number of benzene rings is 2. The summed E-state index contributed by atoms with van der Waals surface area (Å²) >= 11 is 0. The normalized spacial score (nSPS) is 13.6.